The van der Waals surface area contributed by atoms with Gasteiger partial charge >= 0.3 is 35.5 Å². The maximum Gasteiger partial charge on any atom is 1.00 e. The van der Waals surface area contributed by atoms with E-state index in [1.165, 1.54) is 16.7 Å². The minimum Gasteiger partial charge on any atom is -1.00 e. The van der Waals surface area contributed by atoms with Crippen molar-refractivity contribution in [1.82, 2.24) is 15.4 Å². The summed E-state index contributed by atoms with van der Waals surface area (Å²) in [5, 5.41) is 16.2. The number of nitrogens with zero attached hydrogens (tertiary/aromatic N) is 2. The summed E-state index contributed by atoms with van der Waals surface area (Å²) in [5.41, 5.74) is 1.03. The molecular weight excluding hydrogens is 457 g/mol. The smallest absolute Gasteiger partial charge is 1.00 e. The number of thioether (sulfide) groups is 1. The number of aliphatic carboxylic acids is 1. The van der Waals surface area contributed by atoms with Crippen LogP contribution >= 0.6 is 23.4 Å². The molecule has 0 radical (unpaired) electrons. The number of carbonyl (C=O) groups is 3. The summed E-state index contributed by atoms with van der Waals surface area (Å²) in [5.74, 6) is -1.70. The molecule has 4 rings (SSSR count). The molecule has 0 spiro atoms. The van der Waals surface area contributed by atoms with Crippen LogP contribution in [0.2, 0.25) is 5.02 Å². The first-order chi connectivity index (χ1) is 13.6. The summed E-state index contributed by atoms with van der Waals surface area (Å²) in [6.07, 6.45) is 0. The van der Waals surface area contributed by atoms with Gasteiger partial charge in [-0.25, -0.2) is 4.79 Å². The van der Waals surface area contributed by atoms with Gasteiger partial charge in [0.25, 0.3) is 5.91 Å². The number of β-lactam (4-membered cyclic amide) rings is 1. The van der Waals surface area contributed by atoms with Crippen molar-refractivity contribution in [3.05, 3.63) is 40.6 Å². The Balaban J connectivity index is 0.00000171. The number of aromatic nitrogens is 1. The van der Waals surface area contributed by atoms with E-state index in [9.17, 15) is 19.5 Å². The SMILES string of the molecule is Cc1onc(-c2ccccc2Cl)c1C(=O)N[C@@H]1C(=O)N2[C@@H]1SC(C)(C)[C@@H]2C(=O)O.O.[H-].[Na+]. The Labute approximate surface area is 210 Å². The molecule has 9 nitrogen and oxygen atoms in total. The fourth-order valence-corrected chi connectivity index (χ4v) is 5.69. The number of carboxylic acids is 1. The predicted octanol–water partition coefficient (Wildman–Crippen LogP) is -1.16. The second kappa shape index (κ2) is 9.13. The van der Waals surface area contributed by atoms with Crippen molar-refractivity contribution in [1.29, 1.82) is 0 Å². The first-order valence-electron chi connectivity index (χ1n) is 8.88. The third-order valence-electron chi connectivity index (χ3n) is 5.18. The molecule has 12 heteroatoms. The number of rotatable bonds is 4. The molecular formula is C19H21ClN3NaO6S. The number of fused-ring (bicyclic) bond motifs is 1. The van der Waals surface area contributed by atoms with Crippen LogP contribution in [-0.4, -0.2) is 60.6 Å². The van der Waals surface area contributed by atoms with Crippen molar-refractivity contribution >= 4 is 41.1 Å². The number of hydrogen-bond donors (Lipinski definition) is 2. The monoisotopic (exact) mass is 477 g/mol. The summed E-state index contributed by atoms with van der Waals surface area (Å²) in [4.78, 5) is 38.6. The number of aryl methyl sites for hydroxylation is 1. The number of benzene rings is 1. The van der Waals surface area contributed by atoms with Crippen LogP contribution in [0.5, 0.6) is 0 Å². The predicted molar refractivity (Wildman–Crippen MR) is 111 cm³/mol. The van der Waals surface area contributed by atoms with Crippen LogP contribution in [0.1, 0.15) is 31.4 Å². The van der Waals surface area contributed by atoms with Crippen molar-refractivity contribution in [3.63, 3.8) is 0 Å². The molecule has 2 fully saturated rings. The fourth-order valence-electron chi connectivity index (χ4n) is 3.84. The van der Waals surface area contributed by atoms with Gasteiger partial charge in [0.15, 0.2) is 0 Å². The van der Waals surface area contributed by atoms with Crippen LogP contribution in [0, 0.1) is 6.92 Å². The number of carbonyl (C=O) groups excluding carboxylic acids is 2. The first kappa shape index (κ1) is 25.7. The maximum atomic E-state index is 13.0. The van der Waals surface area contributed by atoms with Gasteiger partial charge in [0.2, 0.25) is 5.91 Å². The second-order valence-electron chi connectivity index (χ2n) is 7.49. The molecule has 1 aromatic heterocycles. The van der Waals surface area contributed by atoms with Crippen LogP contribution in [0.25, 0.3) is 11.3 Å². The zero-order valence-corrected chi connectivity index (χ0v) is 20.9. The van der Waals surface area contributed by atoms with Crippen LogP contribution < -0.4 is 34.9 Å². The Kier molecular flexibility index (Phi) is 7.57. The minimum absolute atomic E-state index is 0. The molecule has 4 N–H and O–H groups in total. The van der Waals surface area contributed by atoms with Gasteiger partial charge in [-0.3, -0.25) is 9.59 Å². The van der Waals surface area contributed by atoms with Gasteiger partial charge in [0, 0.05) is 10.3 Å². The molecule has 0 aliphatic carbocycles. The van der Waals surface area contributed by atoms with Gasteiger partial charge in [-0.2, -0.15) is 0 Å². The molecule has 162 valence electrons. The summed E-state index contributed by atoms with van der Waals surface area (Å²) >= 11 is 7.59. The number of amides is 2. The van der Waals surface area contributed by atoms with Gasteiger partial charge in [0.05, 0.1) is 5.02 Å². The largest absolute Gasteiger partial charge is 1.00 e. The Morgan fingerprint density at radius 3 is 2.61 bits per heavy atom. The van der Waals surface area contributed by atoms with Gasteiger partial charge in [-0.15, -0.1) is 11.8 Å². The van der Waals surface area contributed by atoms with Crippen LogP contribution in [0.15, 0.2) is 28.8 Å². The zero-order valence-electron chi connectivity index (χ0n) is 18.3. The van der Waals surface area contributed by atoms with Crippen molar-refractivity contribution < 1.29 is 60.5 Å². The summed E-state index contributed by atoms with van der Waals surface area (Å²) in [6, 6.07) is 5.18. The van der Waals surface area contributed by atoms with E-state index in [-0.39, 0.29) is 47.7 Å². The average molecular weight is 478 g/mol. The normalized spacial score (nSPS) is 23.2. The quantitative estimate of drug-likeness (QED) is 0.417. The number of carboxylic acid groups (broad SMARTS) is 1. The van der Waals surface area contributed by atoms with E-state index in [1.54, 1.807) is 45.0 Å². The number of hydrogen-bond acceptors (Lipinski definition) is 6. The molecule has 0 unspecified atom stereocenters. The maximum absolute atomic E-state index is 13.0. The summed E-state index contributed by atoms with van der Waals surface area (Å²) in [7, 11) is 0. The second-order valence-corrected chi connectivity index (χ2v) is 9.67. The summed E-state index contributed by atoms with van der Waals surface area (Å²) < 4.78 is 4.54. The Morgan fingerprint density at radius 1 is 1.35 bits per heavy atom. The van der Waals surface area contributed by atoms with Gasteiger partial charge in [0.1, 0.15) is 34.5 Å². The van der Waals surface area contributed by atoms with Crippen LogP contribution in [0.4, 0.5) is 0 Å². The Morgan fingerprint density at radius 2 is 2.00 bits per heavy atom. The minimum atomic E-state index is -1.06. The number of nitrogens with one attached hydrogen (secondary N) is 1. The fraction of sp³-hybridized carbons (Fsp3) is 0.368. The standard InChI is InChI=1S/C19H18ClN3O5S.Na.H2O.H/c1-8-11(12(22-28-8)9-6-4-5-7-10(9)20)15(24)21-13-16(25)23-14(18(26)27)19(2,3)29-17(13)23;;;/h4-7,13-14,17H,1-3H3,(H,21,24)(H,26,27);;1H2;/q;+1;;-1/t13-,14+,17-;;;/m1.../s1. The van der Waals surface area contributed by atoms with Gasteiger partial charge < -0.3 is 26.7 Å². The van der Waals surface area contributed by atoms with Crippen LogP contribution in [-0.2, 0) is 9.59 Å². The molecule has 2 aromatic rings. The molecule has 1 aromatic carbocycles. The number of halogens is 1. The van der Waals surface area contributed by atoms with E-state index in [0.717, 1.165) is 0 Å². The van der Waals surface area contributed by atoms with E-state index < -0.39 is 40.0 Å². The van der Waals surface area contributed by atoms with E-state index in [2.05, 4.69) is 10.5 Å². The molecule has 2 saturated heterocycles. The average Bonchev–Trinajstić information content (AvgIpc) is 3.15. The molecule has 0 bridgehead atoms. The first-order valence-corrected chi connectivity index (χ1v) is 10.1. The van der Waals surface area contributed by atoms with Crippen molar-refractivity contribution in [2.24, 2.45) is 0 Å². The van der Waals surface area contributed by atoms with E-state index >= 15 is 0 Å². The van der Waals surface area contributed by atoms with Crippen molar-refractivity contribution in [2.45, 2.75) is 43.0 Å². The molecule has 2 aliphatic rings. The Bertz CT molecular complexity index is 1050. The van der Waals surface area contributed by atoms with E-state index in [0.29, 0.717) is 16.3 Å². The molecule has 3 atom stereocenters. The zero-order chi connectivity index (χ0) is 21.1. The third kappa shape index (κ3) is 4.12. The van der Waals surface area contributed by atoms with E-state index in [1.807, 2.05) is 0 Å². The van der Waals surface area contributed by atoms with Gasteiger partial charge in [-0.1, -0.05) is 35.0 Å². The van der Waals surface area contributed by atoms with Crippen molar-refractivity contribution in [3.8, 4) is 11.3 Å². The Hall–Kier alpha value is -1.56. The van der Waals surface area contributed by atoms with Crippen molar-refractivity contribution in [2.75, 3.05) is 0 Å². The summed E-state index contributed by atoms with van der Waals surface area (Å²) in [6.45, 7) is 5.16. The topological polar surface area (TPSA) is 144 Å². The molecule has 2 amide bonds. The third-order valence-corrected chi connectivity index (χ3v) is 7.08. The van der Waals surface area contributed by atoms with Gasteiger partial charge in [-0.05, 0) is 26.8 Å². The molecule has 3 heterocycles. The molecule has 31 heavy (non-hydrogen) atoms. The van der Waals surface area contributed by atoms with E-state index in [4.69, 9.17) is 16.1 Å². The molecule has 0 saturated carbocycles. The molecule has 2 aliphatic heterocycles. The van der Waals surface area contributed by atoms with Crippen LogP contribution in [0.3, 0.4) is 0 Å².